The molecule has 3 rings (SSSR count). The van der Waals surface area contributed by atoms with Gasteiger partial charge in [-0.1, -0.05) is 0 Å². The molecule has 0 aromatic carbocycles. The molecule has 0 saturated heterocycles. The molecule has 0 spiro atoms. The summed E-state index contributed by atoms with van der Waals surface area (Å²) in [6.45, 7) is 1.91. The smallest absolute Gasteiger partial charge is 0.187 e. The number of hydrogen-bond donors (Lipinski definition) is 2. The number of nitrogen functional groups attached to an aromatic ring is 1. The minimum atomic E-state index is 0.423. The topological polar surface area (TPSA) is 97.8 Å². The number of H-pyrrole nitrogens is 1. The van der Waals surface area contributed by atoms with E-state index in [0.29, 0.717) is 11.6 Å². The van der Waals surface area contributed by atoms with Crippen molar-refractivity contribution in [1.82, 2.24) is 29.8 Å². The Labute approximate surface area is 90.3 Å². The first kappa shape index (κ1) is 8.84. The van der Waals surface area contributed by atoms with Crippen LogP contribution >= 0.6 is 0 Å². The number of fused-ring (bicyclic) bond motifs is 1. The summed E-state index contributed by atoms with van der Waals surface area (Å²) in [7, 11) is 0. The van der Waals surface area contributed by atoms with Crippen LogP contribution < -0.4 is 5.73 Å². The number of nitrogens with zero attached hydrogens (tertiary/aromatic N) is 5. The monoisotopic (exact) mass is 215 g/mol. The van der Waals surface area contributed by atoms with Gasteiger partial charge in [-0.25, -0.2) is 4.98 Å². The van der Waals surface area contributed by atoms with E-state index in [9.17, 15) is 0 Å². The molecule has 0 amide bonds. The molecule has 7 nitrogen and oxygen atoms in total. The lowest BCUT2D eigenvalue weighted by molar-refractivity contribution is 1.02. The third-order valence-corrected chi connectivity index (χ3v) is 2.28. The molecule has 7 heteroatoms. The van der Waals surface area contributed by atoms with E-state index in [2.05, 4.69) is 25.4 Å². The second kappa shape index (κ2) is 3.02. The first-order valence-corrected chi connectivity index (χ1v) is 4.73. The molecule has 0 unspecified atom stereocenters. The van der Waals surface area contributed by atoms with E-state index in [0.717, 1.165) is 17.0 Å². The Bertz CT molecular complexity index is 651. The highest BCUT2D eigenvalue weighted by atomic mass is 15.3. The second-order valence-corrected chi connectivity index (χ2v) is 3.49. The van der Waals surface area contributed by atoms with Crippen molar-refractivity contribution < 1.29 is 0 Å². The van der Waals surface area contributed by atoms with E-state index in [4.69, 9.17) is 5.73 Å². The van der Waals surface area contributed by atoms with Gasteiger partial charge in [0.1, 0.15) is 17.8 Å². The summed E-state index contributed by atoms with van der Waals surface area (Å²) in [6, 6.07) is 3.56. The van der Waals surface area contributed by atoms with Crippen molar-refractivity contribution in [2.75, 3.05) is 5.73 Å². The maximum Gasteiger partial charge on any atom is 0.187 e. The number of nitrogens with one attached hydrogen (secondary N) is 1. The predicted molar refractivity (Wildman–Crippen MR) is 57.5 cm³/mol. The molecule has 3 aromatic rings. The molecular weight excluding hydrogens is 206 g/mol. The minimum Gasteiger partial charge on any atom is -0.382 e. The van der Waals surface area contributed by atoms with E-state index >= 15 is 0 Å². The van der Waals surface area contributed by atoms with Gasteiger partial charge in [-0.15, -0.1) is 10.2 Å². The molecule has 3 heterocycles. The van der Waals surface area contributed by atoms with E-state index in [1.165, 1.54) is 0 Å². The Morgan fingerprint density at radius 1 is 1.31 bits per heavy atom. The van der Waals surface area contributed by atoms with Crippen molar-refractivity contribution in [2.24, 2.45) is 0 Å². The van der Waals surface area contributed by atoms with Crippen molar-refractivity contribution in [3.8, 4) is 11.5 Å². The van der Waals surface area contributed by atoms with Crippen molar-refractivity contribution in [1.29, 1.82) is 0 Å². The predicted octanol–water partition coefficient (Wildman–Crippen LogP) is 0.405. The number of hydrogen-bond acceptors (Lipinski definition) is 5. The van der Waals surface area contributed by atoms with Crippen LogP contribution in [0.3, 0.4) is 0 Å². The number of nitrogens with two attached hydrogens (primary N) is 1. The van der Waals surface area contributed by atoms with Gasteiger partial charge in [-0.3, -0.25) is 9.50 Å². The Hall–Kier alpha value is -2.44. The minimum absolute atomic E-state index is 0.423. The lowest BCUT2D eigenvalue weighted by Gasteiger charge is -1.96. The molecule has 3 aromatic heterocycles. The molecule has 0 saturated carbocycles. The van der Waals surface area contributed by atoms with Crippen LogP contribution in [0.15, 0.2) is 18.5 Å². The molecular formula is C9H9N7. The highest BCUT2D eigenvalue weighted by molar-refractivity contribution is 5.58. The lowest BCUT2D eigenvalue weighted by atomic mass is 10.4. The zero-order valence-electron chi connectivity index (χ0n) is 8.55. The van der Waals surface area contributed by atoms with Crippen molar-refractivity contribution >= 4 is 11.5 Å². The van der Waals surface area contributed by atoms with Crippen LogP contribution in [-0.2, 0) is 0 Å². The molecule has 0 bridgehead atoms. The normalized spacial score (nSPS) is 11.1. The number of aryl methyl sites for hydroxylation is 1. The fraction of sp³-hybridized carbons (Fsp3) is 0.111. The van der Waals surface area contributed by atoms with Gasteiger partial charge < -0.3 is 5.73 Å². The summed E-state index contributed by atoms with van der Waals surface area (Å²) in [5, 5.41) is 14.8. The average molecular weight is 215 g/mol. The van der Waals surface area contributed by atoms with Crippen LogP contribution in [-0.4, -0.2) is 29.8 Å². The van der Waals surface area contributed by atoms with Crippen molar-refractivity contribution in [2.45, 2.75) is 6.92 Å². The highest BCUT2D eigenvalue weighted by Crippen LogP contribution is 2.17. The summed E-state index contributed by atoms with van der Waals surface area (Å²) < 4.78 is 1.78. The number of aromatic nitrogens is 6. The summed E-state index contributed by atoms with van der Waals surface area (Å²) in [5.74, 6) is 1.07. The Morgan fingerprint density at radius 2 is 2.19 bits per heavy atom. The van der Waals surface area contributed by atoms with Crippen molar-refractivity contribution in [3.63, 3.8) is 0 Å². The Morgan fingerprint density at radius 3 is 2.94 bits per heavy atom. The zero-order chi connectivity index (χ0) is 11.1. The average Bonchev–Trinajstić information content (AvgIpc) is 2.83. The van der Waals surface area contributed by atoms with Gasteiger partial charge in [0, 0.05) is 17.8 Å². The van der Waals surface area contributed by atoms with E-state index in [1.807, 2.05) is 13.0 Å². The van der Waals surface area contributed by atoms with Gasteiger partial charge in [0.15, 0.2) is 11.5 Å². The van der Waals surface area contributed by atoms with Crippen LogP contribution in [0.2, 0.25) is 0 Å². The SMILES string of the molecule is Cc1cc2nnc(-c3cc(N)n[nH]3)n2cn1. The van der Waals surface area contributed by atoms with Crippen LogP contribution in [0.5, 0.6) is 0 Å². The molecule has 16 heavy (non-hydrogen) atoms. The summed E-state index contributed by atoms with van der Waals surface area (Å²) in [4.78, 5) is 4.19. The van der Waals surface area contributed by atoms with Gasteiger partial charge in [0.2, 0.25) is 0 Å². The number of rotatable bonds is 1. The molecule has 0 fully saturated rings. The van der Waals surface area contributed by atoms with Gasteiger partial charge >= 0.3 is 0 Å². The molecule has 0 atom stereocenters. The van der Waals surface area contributed by atoms with Crippen molar-refractivity contribution in [3.05, 3.63) is 24.2 Å². The van der Waals surface area contributed by atoms with Gasteiger partial charge in [0.25, 0.3) is 0 Å². The summed E-state index contributed by atoms with van der Waals surface area (Å²) in [5.41, 5.74) is 7.90. The zero-order valence-corrected chi connectivity index (χ0v) is 8.55. The second-order valence-electron chi connectivity index (χ2n) is 3.49. The molecule has 0 aliphatic carbocycles. The molecule has 0 aliphatic rings. The van der Waals surface area contributed by atoms with Crippen LogP contribution in [0.4, 0.5) is 5.82 Å². The Balaban J connectivity index is 2.25. The van der Waals surface area contributed by atoms with Gasteiger partial charge in [-0.2, -0.15) is 5.10 Å². The van der Waals surface area contributed by atoms with Crippen LogP contribution in [0.25, 0.3) is 17.2 Å². The maximum absolute atomic E-state index is 5.54. The number of aromatic amines is 1. The third kappa shape index (κ3) is 1.22. The van der Waals surface area contributed by atoms with E-state index in [-0.39, 0.29) is 0 Å². The molecule has 0 radical (unpaired) electrons. The van der Waals surface area contributed by atoms with E-state index < -0.39 is 0 Å². The molecule has 0 aliphatic heterocycles. The standard InChI is InChI=1S/C9H9N7/c1-5-2-8-14-15-9(16(8)4-11-5)6-3-7(10)13-12-6/h2-4H,1H3,(H3,10,12,13). The summed E-state index contributed by atoms with van der Waals surface area (Å²) >= 11 is 0. The first-order valence-electron chi connectivity index (χ1n) is 4.73. The molecule has 3 N–H and O–H groups in total. The maximum atomic E-state index is 5.54. The van der Waals surface area contributed by atoms with Gasteiger partial charge in [0.05, 0.1) is 0 Å². The first-order chi connectivity index (χ1) is 7.74. The lowest BCUT2D eigenvalue weighted by Crippen LogP contribution is -1.92. The summed E-state index contributed by atoms with van der Waals surface area (Å²) in [6.07, 6.45) is 1.68. The quantitative estimate of drug-likeness (QED) is 0.612. The highest BCUT2D eigenvalue weighted by Gasteiger charge is 2.10. The van der Waals surface area contributed by atoms with Crippen LogP contribution in [0.1, 0.15) is 5.69 Å². The number of anilines is 1. The van der Waals surface area contributed by atoms with Crippen LogP contribution in [0, 0.1) is 6.92 Å². The largest absolute Gasteiger partial charge is 0.382 e. The fourth-order valence-corrected chi connectivity index (χ4v) is 1.52. The Kier molecular flexibility index (Phi) is 1.67. The molecule has 80 valence electrons. The fourth-order valence-electron chi connectivity index (χ4n) is 1.52. The van der Waals surface area contributed by atoms with Gasteiger partial charge in [-0.05, 0) is 6.92 Å². The third-order valence-electron chi connectivity index (χ3n) is 2.28. The van der Waals surface area contributed by atoms with E-state index in [1.54, 1.807) is 16.8 Å².